The van der Waals surface area contributed by atoms with Crippen LogP contribution in [0.5, 0.6) is 0 Å². The standard InChI is InChI=1S/C12H9Br2FS/c1-3-5-10(8(2)13)16-11-7-4-6-9(15)12(11)14/h3-7H,1-2H2/b10-5+. The molecule has 16 heavy (non-hydrogen) atoms. The van der Waals surface area contributed by atoms with Crippen LogP contribution in [0.4, 0.5) is 4.39 Å². The van der Waals surface area contributed by atoms with Crippen LogP contribution in [0.15, 0.2) is 62.3 Å². The van der Waals surface area contributed by atoms with E-state index in [1.807, 2.05) is 12.1 Å². The fraction of sp³-hybridized carbons (Fsp3) is 0. The third-order valence-electron chi connectivity index (χ3n) is 1.67. The first-order chi connectivity index (χ1) is 7.56. The van der Waals surface area contributed by atoms with E-state index < -0.39 is 0 Å². The van der Waals surface area contributed by atoms with Crippen molar-refractivity contribution in [3.63, 3.8) is 0 Å². The normalized spacial score (nSPS) is 11.3. The van der Waals surface area contributed by atoms with Crippen molar-refractivity contribution in [2.75, 3.05) is 0 Å². The predicted octanol–water partition coefficient (Wildman–Crippen LogP) is 5.66. The average Bonchev–Trinajstić information content (AvgIpc) is 2.23. The molecule has 0 saturated carbocycles. The van der Waals surface area contributed by atoms with Crippen LogP contribution in [-0.2, 0) is 0 Å². The van der Waals surface area contributed by atoms with Crippen molar-refractivity contribution in [2.24, 2.45) is 0 Å². The van der Waals surface area contributed by atoms with Crippen LogP contribution < -0.4 is 0 Å². The Balaban J connectivity index is 3.03. The molecule has 0 unspecified atom stereocenters. The Labute approximate surface area is 116 Å². The fourth-order valence-electron chi connectivity index (χ4n) is 0.968. The summed E-state index contributed by atoms with van der Waals surface area (Å²) in [5.41, 5.74) is 0. The van der Waals surface area contributed by atoms with E-state index in [1.54, 1.807) is 12.1 Å². The number of halogens is 3. The van der Waals surface area contributed by atoms with Crippen LogP contribution >= 0.6 is 43.6 Å². The quantitative estimate of drug-likeness (QED) is 0.491. The molecule has 0 atom stereocenters. The molecular weight excluding hydrogens is 355 g/mol. The molecule has 0 spiro atoms. The highest BCUT2D eigenvalue weighted by Gasteiger charge is 2.08. The van der Waals surface area contributed by atoms with E-state index in [1.165, 1.54) is 17.8 Å². The van der Waals surface area contributed by atoms with E-state index >= 15 is 0 Å². The Kier molecular flexibility index (Phi) is 5.52. The van der Waals surface area contributed by atoms with E-state index in [4.69, 9.17) is 0 Å². The van der Waals surface area contributed by atoms with E-state index in [9.17, 15) is 4.39 Å². The number of hydrogen-bond donors (Lipinski definition) is 0. The van der Waals surface area contributed by atoms with Gasteiger partial charge in [0, 0.05) is 14.3 Å². The number of rotatable bonds is 4. The third-order valence-corrected chi connectivity index (χ3v) is 4.59. The maximum absolute atomic E-state index is 13.3. The molecule has 1 aromatic rings. The zero-order chi connectivity index (χ0) is 12.1. The molecule has 0 aromatic heterocycles. The zero-order valence-corrected chi connectivity index (χ0v) is 12.3. The SMILES string of the molecule is C=C/C=C(/Sc1cccc(F)c1Br)C(=C)Br. The minimum Gasteiger partial charge on any atom is -0.206 e. The van der Waals surface area contributed by atoms with E-state index in [0.29, 0.717) is 4.47 Å². The van der Waals surface area contributed by atoms with Gasteiger partial charge in [-0.1, -0.05) is 53.0 Å². The number of allylic oxidation sites excluding steroid dienone is 3. The van der Waals surface area contributed by atoms with Crippen molar-refractivity contribution in [1.29, 1.82) is 0 Å². The Hall–Kier alpha value is -0.320. The lowest BCUT2D eigenvalue weighted by molar-refractivity contribution is 0.616. The summed E-state index contributed by atoms with van der Waals surface area (Å²) in [5.74, 6) is -0.275. The summed E-state index contributed by atoms with van der Waals surface area (Å²) in [4.78, 5) is 1.69. The smallest absolute Gasteiger partial charge is 0.138 e. The number of benzene rings is 1. The largest absolute Gasteiger partial charge is 0.206 e. The summed E-state index contributed by atoms with van der Waals surface area (Å²) >= 11 is 7.94. The van der Waals surface area contributed by atoms with Crippen molar-refractivity contribution in [1.82, 2.24) is 0 Å². The molecule has 0 radical (unpaired) electrons. The predicted molar refractivity (Wildman–Crippen MR) is 76.3 cm³/mol. The van der Waals surface area contributed by atoms with Crippen molar-refractivity contribution in [2.45, 2.75) is 4.90 Å². The molecule has 0 fully saturated rings. The Morgan fingerprint density at radius 1 is 1.44 bits per heavy atom. The van der Waals surface area contributed by atoms with Crippen LogP contribution in [0.25, 0.3) is 0 Å². The van der Waals surface area contributed by atoms with Gasteiger partial charge < -0.3 is 0 Å². The molecule has 0 nitrogen and oxygen atoms in total. The Morgan fingerprint density at radius 2 is 2.12 bits per heavy atom. The van der Waals surface area contributed by atoms with Crippen molar-refractivity contribution in [3.8, 4) is 0 Å². The molecule has 0 amide bonds. The summed E-state index contributed by atoms with van der Waals surface area (Å²) in [6.45, 7) is 7.42. The third kappa shape index (κ3) is 3.61. The highest BCUT2D eigenvalue weighted by atomic mass is 79.9. The van der Waals surface area contributed by atoms with Crippen molar-refractivity contribution in [3.05, 3.63) is 63.2 Å². The summed E-state index contributed by atoms with van der Waals surface area (Å²) in [5, 5.41) is 0. The van der Waals surface area contributed by atoms with E-state index in [0.717, 1.165) is 14.3 Å². The second-order valence-corrected chi connectivity index (χ2v) is 5.66. The lowest BCUT2D eigenvalue weighted by Gasteiger charge is -2.07. The topological polar surface area (TPSA) is 0 Å². The number of hydrogen-bond acceptors (Lipinski definition) is 1. The lowest BCUT2D eigenvalue weighted by atomic mass is 10.3. The van der Waals surface area contributed by atoms with Crippen LogP contribution in [0, 0.1) is 5.82 Å². The lowest BCUT2D eigenvalue weighted by Crippen LogP contribution is -1.82. The molecule has 84 valence electrons. The van der Waals surface area contributed by atoms with Gasteiger partial charge in [0.1, 0.15) is 5.82 Å². The van der Waals surface area contributed by atoms with Crippen molar-refractivity contribution < 1.29 is 4.39 Å². The second-order valence-electron chi connectivity index (χ2n) is 2.83. The Morgan fingerprint density at radius 3 is 2.69 bits per heavy atom. The molecule has 1 aromatic carbocycles. The van der Waals surface area contributed by atoms with Crippen LogP contribution in [-0.4, -0.2) is 0 Å². The minimum absolute atomic E-state index is 0.275. The van der Waals surface area contributed by atoms with E-state index in [2.05, 4.69) is 45.0 Å². The molecule has 0 saturated heterocycles. The maximum Gasteiger partial charge on any atom is 0.138 e. The fourth-order valence-corrected chi connectivity index (χ4v) is 2.70. The van der Waals surface area contributed by atoms with Gasteiger partial charge >= 0.3 is 0 Å². The van der Waals surface area contributed by atoms with Gasteiger partial charge in [0.25, 0.3) is 0 Å². The molecule has 0 heterocycles. The molecule has 1 rings (SSSR count). The Bertz CT molecular complexity index is 452. The van der Waals surface area contributed by atoms with Crippen LogP contribution in [0.1, 0.15) is 0 Å². The average molecular weight is 364 g/mol. The first-order valence-corrected chi connectivity index (χ1v) is 6.76. The summed E-state index contributed by atoms with van der Waals surface area (Å²) in [6.07, 6.45) is 3.49. The first-order valence-electron chi connectivity index (χ1n) is 4.35. The first kappa shape index (κ1) is 13.7. The van der Waals surface area contributed by atoms with Gasteiger partial charge in [-0.3, -0.25) is 0 Å². The van der Waals surface area contributed by atoms with E-state index in [-0.39, 0.29) is 5.82 Å². The van der Waals surface area contributed by atoms with Gasteiger partial charge in [0.05, 0.1) is 4.47 Å². The summed E-state index contributed by atoms with van der Waals surface area (Å²) in [7, 11) is 0. The molecule has 0 aliphatic rings. The highest BCUT2D eigenvalue weighted by molar-refractivity contribution is 9.12. The van der Waals surface area contributed by atoms with Crippen molar-refractivity contribution >= 4 is 43.6 Å². The van der Waals surface area contributed by atoms with Gasteiger partial charge in [-0.25, -0.2) is 4.39 Å². The molecule has 0 aliphatic heterocycles. The molecular formula is C12H9Br2FS. The van der Waals surface area contributed by atoms with Gasteiger partial charge in [-0.2, -0.15) is 0 Å². The van der Waals surface area contributed by atoms with Crippen LogP contribution in [0.3, 0.4) is 0 Å². The molecule has 0 aliphatic carbocycles. The van der Waals surface area contributed by atoms with Crippen LogP contribution in [0.2, 0.25) is 0 Å². The monoisotopic (exact) mass is 362 g/mol. The molecule has 0 bridgehead atoms. The minimum atomic E-state index is -0.275. The van der Waals surface area contributed by atoms with Gasteiger partial charge in [0.2, 0.25) is 0 Å². The second kappa shape index (κ2) is 6.42. The summed E-state index contributed by atoms with van der Waals surface area (Å²) in [6, 6.07) is 4.92. The molecule has 4 heteroatoms. The zero-order valence-electron chi connectivity index (χ0n) is 8.34. The van der Waals surface area contributed by atoms with Gasteiger partial charge in [0.15, 0.2) is 0 Å². The highest BCUT2D eigenvalue weighted by Crippen LogP contribution is 2.38. The van der Waals surface area contributed by atoms with Gasteiger partial charge in [-0.15, -0.1) is 0 Å². The maximum atomic E-state index is 13.3. The number of thioether (sulfide) groups is 1. The summed E-state index contributed by atoms with van der Waals surface area (Å²) < 4.78 is 14.5. The molecule has 0 N–H and O–H groups in total. The van der Waals surface area contributed by atoms with Gasteiger partial charge in [-0.05, 0) is 34.1 Å².